The van der Waals surface area contributed by atoms with E-state index < -0.39 is 29.1 Å². The zero-order valence-corrected chi connectivity index (χ0v) is 14.7. The first-order valence-corrected chi connectivity index (χ1v) is 8.15. The molecule has 0 spiro atoms. The summed E-state index contributed by atoms with van der Waals surface area (Å²) in [4.78, 5) is 29.4. The quantitative estimate of drug-likeness (QED) is 0.801. The Morgan fingerprint density at radius 2 is 2.00 bits per heavy atom. The van der Waals surface area contributed by atoms with Gasteiger partial charge in [-0.1, -0.05) is 11.6 Å². The van der Waals surface area contributed by atoms with Gasteiger partial charge in [0.2, 0.25) is 0 Å². The van der Waals surface area contributed by atoms with Gasteiger partial charge in [0.05, 0.1) is 16.9 Å². The molecule has 2 N–H and O–H groups in total. The fraction of sp³-hybridized carbons (Fsp3) is 0.235. The summed E-state index contributed by atoms with van der Waals surface area (Å²) in [7, 11) is 0. The zero-order chi connectivity index (χ0) is 19.0. The molecule has 6 nitrogen and oxygen atoms in total. The van der Waals surface area contributed by atoms with Gasteiger partial charge in [-0.25, -0.2) is 18.6 Å². The predicted molar refractivity (Wildman–Crippen MR) is 93.8 cm³/mol. The van der Waals surface area contributed by atoms with E-state index in [1.807, 2.05) is 0 Å². The number of nitrogens with zero attached hydrogens (tertiary/aromatic N) is 2. The highest BCUT2D eigenvalue weighted by Crippen LogP contribution is 2.28. The van der Waals surface area contributed by atoms with Gasteiger partial charge in [0, 0.05) is 24.8 Å². The van der Waals surface area contributed by atoms with Crippen LogP contribution in [0.1, 0.15) is 21.6 Å². The Labute approximate surface area is 153 Å². The van der Waals surface area contributed by atoms with Crippen molar-refractivity contribution in [2.24, 2.45) is 0 Å². The maximum atomic E-state index is 14.2. The molecule has 2 aromatic rings. The number of amides is 3. The summed E-state index contributed by atoms with van der Waals surface area (Å²) in [6.45, 7) is 4.02. The third kappa shape index (κ3) is 3.32. The molecule has 1 aromatic carbocycles. The van der Waals surface area contributed by atoms with Crippen molar-refractivity contribution in [2.75, 3.05) is 23.3 Å². The van der Waals surface area contributed by atoms with E-state index in [1.165, 1.54) is 0 Å². The van der Waals surface area contributed by atoms with Gasteiger partial charge in [-0.3, -0.25) is 9.69 Å². The zero-order valence-electron chi connectivity index (χ0n) is 14.0. The molecule has 1 saturated heterocycles. The van der Waals surface area contributed by atoms with Crippen molar-refractivity contribution in [1.29, 1.82) is 0 Å². The van der Waals surface area contributed by atoms with Crippen LogP contribution in [-0.4, -0.2) is 30.0 Å². The molecular formula is C17H15ClF2N4O2. The second-order valence-electron chi connectivity index (χ2n) is 5.87. The highest BCUT2D eigenvalue weighted by atomic mass is 35.5. The lowest BCUT2D eigenvalue weighted by Gasteiger charge is -2.17. The second kappa shape index (κ2) is 6.87. The lowest BCUT2D eigenvalue weighted by molar-refractivity contribution is 0.102. The Morgan fingerprint density at radius 1 is 1.27 bits per heavy atom. The Balaban J connectivity index is 1.96. The smallest absolute Gasteiger partial charge is 0.322 e. The summed E-state index contributed by atoms with van der Waals surface area (Å²) in [6.07, 6.45) is 0. The summed E-state index contributed by atoms with van der Waals surface area (Å²) in [5.41, 5.74) is 0.985. The van der Waals surface area contributed by atoms with Crippen LogP contribution in [0.25, 0.3) is 0 Å². The first-order chi connectivity index (χ1) is 12.3. The summed E-state index contributed by atoms with van der Waals surface area (Å²) in [6, 6.07) is 2.79. The van der Waals surface area contributed by atoms with Crippen molar-refractivity contribution in [3.63, 3.8) is 0 Å². The molecule has 0 atom stereocenters. The molecule has 0 aliphatic carbocycles. The summed E-state index contributed by atoms with van der Waals surface area (Å²) in [5.74, 6) is -2.79. The van der Waals surface area contributed by atoms with Gasteiger partial charge in [-0.2, -0.15) is 0 Å². The van der Waals surface area contributed by atoms with Gasteiger partial charge in [-0.15, -0.1) is 0 Å². The Kier molecular flexibility index (Phi) is 4.78. The normalized spacial score (nSPS) is 13.7. The van der Waals surface area contributed by atoms with Crippen LogP contribution in [0.5, 0.6) is 0 Å². The number of hydrogen-bond acceptors (Lipinski definition) is 3. The number of benzene rings is 1. The van der Waals surface area contributed by atoms with E-state index in [4.69, 9.17) is 11.6 Å². The van der Waals surface area contributed by atoms with E-state index in [1.54, 1.807) is 19.9 Å². The van der Waals surface area contributed by atoms with E-state index in [9.17, 15) is 18.4 Å². The monoisotopic (exact) mass is 380 g/mol. The van der Waals surface area contributed by atoms with Crippen LogP contribution in [0.3, 0.4) is 0 Å². The van der Waals surface area contributed by atoms with Gasteiger partial charge in [-0.05, 0) is 31.5 Å². The van der Waals surface area contributed by atoms with Crippen LogP contribution in [0.15, 0.2) is 18.2 Å². The van der Waals surface area contributed by atoms with Crippen molar-refractivity contribution in [2.45, 2.75) is 13.8 Å². The fourth-order valence-corrected chi connectivity index (χ4v) is 3.07. The molecule has 3 amide bonds. The van der Waals surface area contributed by atoms with E-state index >= 15 is 0 Å². The number of carbonyl (C=O) groups is 2. The maximum absolute atomic E-state index is 14.2. The molecular weight excluding hydrogens is 366 g/mol. The molecule has 1 aliphatic heterocycles. The number of anilines is 2. The number of carbonyl (C=O) groups excluding carboxylic acids is 2. The average Bonchev–Trinajstić information content (AvgIpc) is 2.96. The van der Waals surface area contributed by atoms with Crippen LogP contribution in [0, 0.1) is 25.5 Å². The van der Waals surface area contributed by atoms with Crippen LogP contribution in [0.2, 0.25) is 5.15 Å². The lowest BCUT2D eigenvalue weighted by Crippen LogP contribution is -2.29. The van der Waals surface area contributed by atoms with Crippen LogP contribution in [0.4, 0.5) is 25.0 Å². The van der Waals surface area contributed by atoms with Gasteiger partial charge in [0.25, 0.3) is 5.91 Å². The first-order valence-electron chi connectivity index (χ1n) is 7.77. The fourth-order valence-electron chi connectivity index (χ4n) is 2.74. The number of halogens is 3. The number of urea groups is 1. The highest BCUT2D eigenvalue weighted by molar-refractivity contribution is 6.33. The van der Waals surface area contributed by atoms with Gasteiger partial charge in [0.15, 0.2) is 5.15 Å². The molecule has 3 rings (SSSR count). The Bertz CT molecular complexity index is 897. The van der Waals surface area contributed by atoms with Crippen LogP contribution in [-0.2, 0) is 0 Å². The minimum absolute atomic E-state index is 0.0671. The SMILES string of the molecule is Cc1cc(C)c(NC(=O)c2cc(N3CCNC3=O)c(F)cc2F)c(Cl)n1. The summed E-state index contributed by atoms with van der Waals surface area (Å²) < 4.78 is 28.3. The number of pyridine rings is 1. The standard InChI is InChI=1S/C17H15ClF2N4O2/c1-8-5-9(2)22-15(18)14(8)23-16(25)10-6-13(12(20)7-11(10)19)24-4-3-21-17(24)26/h5-7H,3-4H2,1-2H3,(H,21,26)(H,23,25). The number of nitrogens with one attached hydrogen (secondary N) is 2. The highest BCUT2D eigenvalue weighted by Gasteiger charge is 2.27. The second-order valence-corrected chi connectivity index (χ2v) is 6.23. The molecule has 26 heavy (non-hydrogen) atoms. The minimum Gasteiger partial charge on any atom is -0.336 e. The van der Waals surface area contributed by atoms with Crippen molar-refractivity contribution in [1.82, 2.24) is 10.3 Å². The predicted octanol–water partition coefficient (Wildman–Crippen LogP) is 3.41. The van der Waals surface area contributed by atoms with Gasteiger partial charge >= 0.3 is 6.03 Å². The molecule has 0 bridgehead atoms. The molecule has 1 aromatic heterocycles. The third-order valence-electron chi connectivity index (χ3n) is 3.97. The largest absolute Gasteiger partial charge is 0.336 e. The molecule has 0 saturated carbocycles. The van der Waals surface area contributed by atoms with Gasteiger partial charge < -0.3 is 10.6 Å². The Morgan fingerprint density at radius 3 is 2.62 bits per heavy atom. The van der Waals surface area contributed by atoms with Crippen molar-refractivity contribution in [3.8, 4) is 0 Å². The number of aromatic nitrogens is 1. The molecule has 2 heterocycles. The van der Waals surface area contributed by atoms with E-state index in [-0.39, 0.29) is 23.1 Å². The maximum Gasteiger partial charge on any atom is 0.322 e. The Hall–Kier alpha value is -2.74. The van der Waals surface area contributed by atoms with Gasteiger partial charge in [0.1, 0.15) is 11.6 Å². The van der Waals surface area contributed by atoms with Crippen molar-refractivity contribution < 1.29 is 18.4 Å². The molecule has 9 heteroatoms. The number of hydrogen-bond donors (Lipinski definition) is 2. The lowest BCUT2D eigenvalue weighted by atomic mass is 10.1. The number of aryl methyl sites for hydroxylation is 2. The van der Waals surface area contributed by atoms with Crippen LogP contribution < -0.4 is 15.5 Å². The average molecular weight is 381 g/mol. The topological polar surface area (TPSA) is 74.3 Å². The molecule has 0 unspecified atom stereocenters. The van der Waals surface area contributed by atoms with E-state index in [0.29, 0.717) is 23.9 Å². The molecule has 1 aliphatic rings. The summed E-state index contributed by atoms with van der Waals surface area (Å²) in [5, 5.41) is 5.08. The molecule has 136 valence electrons. The molecule has 1 fully saturated rings. The van der Waals surface area contributed by atoms with Crippen molar-refractivity contribution >= 4 is 34.9 Å². The van der Waals surface area contributed by atoms with E-state index in [0.717, 1.165) is 11.0 Å². The number of rotatable bonds is 3. The first kappa shape index (κ1) is 18.1. The van der Waals surface area contributed by atoms with Crippen molar-refractivity contribution in [3.05, 3.63) is 51.8 Å². The molecule has 0 radical (unpaired) electrons. The van der Waals surface area contributed by atoms with E-state index in [2.05, 4.69) is 15.6 Å². The minimum atomic E-state index is -1.04. The van der Waals surface area contributed by atoms with Crippen LogP contribution >= 0.6 is 11.6 Å². The third-order valence-corrected chi connectivity index (χ3v) is 4.24. The summed E-state index contributed by atoms with van der Waals surface area (Å²) >= 11 is 6.04.